The highest BCUT2D eigenvalue weighted by Gasteiger charge is 1.58. The molecule has 0 heterocycles. The van der Waals surface area contributed by atoms with E-state index in [-0.39, 0.29) is 8.01 Å². The fourth-order valence-corrected chi connectivity index (χ4v) is 1.50. The SMILES string of the molecule is CCC[S-](=S)=S. The van der Waals surface area contributed by atoms with E-state index in [0.717, 1.165) is 12.2 Å². The van der Waals surface area contributed by atoms with Crippen LogP contribution in [0.3, 0.4) is 0 Å². The van der Waals surface area contributed by atoms with Gasteiger partial charge in [-0.2, -0.15) is 0 Å². The Balaban J connectivity index is 3.07. The van der Waals surface area contributed by atoms with Crippen molar-refractivity contribution in [3.63, 3.8) is 0 Å². The topological polar surface area (TPSA) is 0 Å². The van der Waals surface area contributed by atoms with Crippen LogP contribution in [0, 0.1) is 0 Å². The van der Waals surface area contributed by atoms with E-state index in [1.54, 1.807) is 0 Å². The lowest BCUT2D eigenvalue weighted by Gasteiger charge is -1.92. The van der Waals surface area contributed by atoms with E-state index in [0.29, 0.717) is 0 Å². The van der Waals surface area contributed by atoms with E-state index in [9.17, 15) is 0 Å². The number of hydrogen-bond acceptors (Lipinski definition) is 3. The summed E-state index contributed by atoms with van der Waals surface area (Å²) in [7, 11) is -0.149. The normalized spacial score (nSPS) is 9.67. The molecule has 0 radical (unpaired) electrons. The van der Waals surface area contributed by atoms with Gasteiger partial charge in [-0.25, -0.2) is 0 Å². The first kappa shape index (κ1) is 6.79. The average molecular weight is 139 g/mol. The summed E-state index contributed by atoms with van der Waals surface area (Å²) in [6, 6.07) is 0. The van der Waals surface area contributed by atoms with Gasteiger partial charge in [0.05, 0.1) is 0 Å². The van der Waals surface area contributed by atoms with Crippen molar-refractivity contribution in [2.24, 2.45) is 0 Å². The van der Waals surface area contributed by atoms with E-state index in [4.69, 9.17) is 22.4 Å². The van der Waals surface area contributed by atoms with Crippen LogP contribution in [-0.4, -0.2) is 5.75 Å². The maximum absolute atomic E-state index is 4.72. The van der Waals surface area contributed by atoms with Crippen LogP contribution in [0.1, 0.15) is 13.3 Å². The maximum Gasteiger partial charge on any atom is -0.0671 e. The Morgan fingerprint density at radius 3 is 2.00 bits per heavy atom. The van der Waals surface area contributed by atoms with Gasteiger partial charge in [-0.3, -0.25) is 22.4 Å². The minimum atomic E-state index is -0.149. The second-order valence-corrected chi connectivity index (χ2v) is 5.07. The molecule has 0 aromatic carbocycles. The molecule has 0 aliphatic rings. The molecule has 0 unspecified atom stereocenters. The summed E-state index contributed by atoms with van der Waals surface area (Å²) in [6.45, 7) is 2.10. The van der Waals surface area contributed by atoms with Gasteiger partial charge >= 0.3 is 0 Å². The van der Waals surface area contributed by atoms with Crippen molar-refractivity contribution in [3.05, 3.63) is 0 Å². The van der Waals surface area contributed by atoms with Gasteiger partial charge in [0.15, 0.2) is 0 Å². The largest absolute Gasteiger partial charge is 0.347 e. The Morgan fingerprint density at radius 2 is 2.00 bits per heavy atom. The zero-order chi connectivity index (χ0) is 4.99. The first-order valence-corrected chi connectivity index (χ1v) is 5.07. The van der Waals surface area contributed by atoms with Gasteiger partial charge in [0.1, 0.15) is 0 Å². The van der Waals surface area contributed by atoms with Crippen molar-refractivity contribution in [2.75, 3.05) is 5.75 Å². The van der Waals surface area contributed by atoms with Gasteiger partial charge in [-0.1, -0.05) is 13.3 Å². The quantitative estimate of drug-likeness (QED) is 0.522. The van der Waals surface area contributed by atoms with Crippen molar-refractivity contribution in [1.82, 2.24) is 0 Å². The minimum absolute atomic E-state index is 0.149. The van der Waals surface area contributed by atoms with Crippen LogP contribution in [0.15, 0.2) is 0 Å². The van der Waals surface area contributed by atoms with E-state index in [2.05, 4.69) is 6.92 Å². The fourth-order valence-electron chi connectivity index (χ4n) is 0.167. The standard InChI is InChI=1S/C3H7S3/c1-2-3-6(4)5/h2-3H2,1H3/q-1. The molecule has 0 nitrogen and oxygen atoms in total. The highest BCUT2D eigenvalue weighted by atomic mass is 33.1. The molecule has 6 heavy (non-hydrogen) atoms. The number of rotatable bonds is 2. The van der Waals surface area contributed by atoms with Gasteiger partial charge < -0.3 is 8.01 Å². The van der Waals surface area contributed by atoms with Crippen LogP contribution in [0.25, 0.3) is 0 Å². The zero-order valence-corrected chi connectivity index (χ0v) is 6.09. The van der Waals surface area contributed by atoms with Crippen molar-refractivity contribution in [1.29, 1.82) is 0 Å². The van der Waals surface area contributed by atoms with Crippen LogP contribution < -0.4 is 0 Å². The lowest BCUT2D eigenvalue weighted by atomic mass is 10.6. The molecule has 0 aliphatic carbocycles. The van der Waals surface area contributed by atoms with Crippen LogP contribution >= 0.6 is 0 Å². The predicted molar refractivity (Wildman–Crippen MR) is 37.3 cm³/mol. The summed E-state index contributed by atoms with van der Waals surface area (Å²) in [5.74, 6) is 1.03. The fraction of sp³-hybridized carbons (Fsp3) is 1.00. The van der Waals surface area contributed by atoms with Gasteiger partial charge in [-0.15, -0.1) is 5.75 Å². The van der Waals surface area contributed by atoms with Crippen LogP contribution in [0.4, 0.5) is 0 Å². The summed E-state index contributed by atoms with van der Waals surface area (Å²) in [4.78, 5) is 0. The molecule has 0 saturated heterocycles. The van der Waals surface area contributed by atoms with Crippen LogP contribution in [-0.2, 0) is 30.4 Å². The molecule has 38 valence electrons. The van der Waals surface area contributed by atoms with E-state index < -0.39 is 0 Å². The monoisotopic (exact) mass is 139 g/mol. The molecule has 0 saturated carbocycles. The van der Waals surface area contributed by atoms with Gasteiger partial charge in [0, 0.05) is 0 Å². The van der Waals surface area contributed by atoms with E-state index in [1.165, 1.54) is 0 Å². The van der Waals surface area contributed by atoms with Gasteiger partial charge in [0.2, 0.25) is 0 Å². The van der Waals surface area contributed by atoms with E-state index in [1.807, 2.05) is 0 Å². The molecule has 0 rings (SSSR count). The first-order chi connectivity index (χ1) is 2.77. The van der Waals surface area contributed by atoms with Crippen molar-refractivity contribution in [2.45, 2.75) is 13.3 Å². The predicted octanol–water partition coefficient (Wildman–Crippen LogP) is 0.939. The molecule has 0 N–H and O–H groups in total. The Bertz CT molecular complexity index is 74.0. The average Bonchev–Trinajstić information content (AvgIpc) is 1.35. The highest BCUT2D eigenvalue weighted by molar-refractivity contribution is 8.46. The van der Waals surface area contributed by atoms with Crippen molar-refractivity contribution >= 4 is 30.4 Å². The van der Waals surface area contributed by atoms with Crippen molar-refractivity contribution < 1.29 is 0 Å². The molecule has 0 spiro atoms. The van der Waals surface area contributed by atoms with Gasteiger partial charge in [-0.05, 0) is 0 Å². The van der Waals surface area contributed by atoms with Gasteiger partial charge in [0.25, 0.3) is 0 Å². The summed E-state index contributed by atoms with van der Waals surface area (Å²) in [6.07, 6.45) is 1.14. The second-order valence-electron chi connectivity index (χ2n) is 1.01. The smallest absolute Gasteiger partial charge is 0.0671 e. The third-order valence-electron chi connectivity index (χ3n) is 0.371. The Hall–Kier alpha value is 0.790. The summed E-state index contributed by atoms with van der Waals surface area (Å²) < 4.78 is 0. The summed E-state index contributed by atoms with van der Waals surface area (Å²) in [5.41, 5.74) is 0. The molecule has 0 aliphatic heterocycles. The molecule has 0 aromatic heterocycles. The lowest BCUT2D eigenvalue weighted by molar-refractivity contribution is 1.11. The third-order valence-corrected chi connectivity index (χ3v) is 2.11. The van der Waals surface area contributed by atoms with Crippen molar-refractivity contribution in [3.8, 4) is 0 Å². The van der Waals surface area contributed by atoms with Crippen LogP contribution in [0.5, 0.6) is 0 Å². The first-order valence-electron chi connectivity index (χ1n) is 1.83. The summed E-state index contributed by atoms with van der Waals surface area (Å²) >= 11 is 9.44. The molecule has 0 bridgehead atoms. The third kappa shape index (κ3) is 4.79. The maximum atomic E-state index is 4.72. The molecule has 0 amide bonds. The molecular weight excluding hydrogens is 132 g/mol. The number of hydrogen-bond donors (Lipinski definition) is 0. The Labute approximate surface area is 49.8 Å². The van der Waals surface area contributed by atoms with Crippen LogP contribution in [0.2, 0.25) is 0 Å². The summed E-state index contributed by atoms with van der Waals surface area (Å²) in [5, 5.41) is 0. The molecule has 0 fully saturated rings. The molecular formula is C3H7S3-. The van der Waals surface area contributed by atoms with E-state index >= 15 is 0 Å². The zero-order valence-electron chi connectivity index (χ0n) is 3.64. The molecule has 0 aromatic rings. The Morgan fingerprint density at radius 1 is 1.50 bits per heavy atom. The highest BCUT2D eigenvalue weighted by Crippen LogP contribution is 1.73. The second kappa shape index (κ2) is 3.96. The minimum Gasteiger partial charge on any atom is -0.347 e. The Kier molecular flexibility index (Phi) is 4.48. The molecule has 3 heteroatoms. The lowest BCUT2D eigenvalue weighted by Crippen LogP contribution is -1.76. The molecule has 0 atom stereocenters.